The molecule has 6 N–H and O–H groups in total. The molecule has 0 saturated heterocycles. The minimum absolute atomic E-state index is 1.24. The van der Waals surface area contributed by atoms with Crippen LogP contribution in [0.2, 0.25) is 6.04 Å². The number of halogens is 3. The van der Waals surface area contributed by atoms with Crippen LogP contribution < -0.4 is 16.2 Å². The van der Waals surface area contributed by atoms with Crippen LogP contribution in [0.25, 0.3) is 0 Å². The van der Waals surface area contributed by atoms with Crippen molar-refractivity contribution in [3.63, 3.8) is 0 Å². The third-order valence-corrected chi connectivity index (χ3v) is 1.52. The van der Waals surface area contributed by atoms with Crippen molar-refractivity contribution in [3.05, 3.63) is 0 Å². The molecule has 0 atom stereocenters. The predicted octanol–water partition coefficient (Wildman–Crippen LogP) is -0.636. The molecule has 56 valence electrons. The van der Waals surface area contributed by atoms with Gasteiger partial charge < -0.3 is 16.2 Å². The fourth-order valence-electron chi connectivity index (χ4n) is 0.347. The molecule has 0 aromatic carbocycles. The van der Waals surface area contributed by atoms with Gasteiger partial charge in [0, 0.05) is 0 Å². The molecule has 0 bridgehead atoms. The van der Waals surface area contributed by atoms with E-state index < -0.39 is 20.8 Å². The van der Waals surface area contributed by atoms with Gasteiger partial charge in [-0.05, 0) is 0 Å². The molecule has 0 spiro atoms. The van der Waals surface area contributed by atoms with Crippen molar-refractivity contribution in [1.29, 1.82) is 0 Å². The van der Waals surface area contributed by atoms with Crippen LogP contribution in [-0.4, -0.2) is 14.7 Å². The van der Waals surface area contributed by atoms with Crippen molar-refractivity contribution in [2.24, 2.45) is 16.2 Å². The Labute approximate surface area is 51.2 Å². The Hall–Kier alpha value is -0.113. The Bertz CT molecular complexity index is 82.2. The lowest BCUT2D eigenvalue weighted by atomic mass is 10.8. The first-order valence-electron chi connectivity index (χ1n) is 2.14. The molecule has 0 fully saturated rings. The number of nitrogens with two attached hydrogens (primary N) is 3. The zero-order valence-electron chi connectivity index (χ0n) is 4.57. The normalized spacial score (nSPS) is 14.0. The van der Waals surface area contributed by atoms with Gasteiger partial charge in [0.2, 0.25) is 0 Å². The van der Waals surface area contributed by atoms with Gasteiger partial charge in [-0.15, -0.1) is 0 Å². The zero-order valence-corrected chi connectivity index (χ0v) is 5.57. The van der Waals surface area contributed by atoms with Gasteiger partial charge in [0.05, 0.1) is 6.04 Å². The van der Waals surface area contributed by atoms with Gasteiger partial charge in [0.25, 0.3) is 8.56 Å². The van der Waals surface area contributed by atoms with Gasteiger partial charge in [0.1, 0.15) is 0 Å². The molecule has 0 aliphatic carbocycles. The molecule has 0 aliphatic rings. The lowest BCUT2D eigenvalue weighted by molar-refractivity contribution is -0.111. The van der Waals surface area contributed by atoms with E-state index in [0.29, 0.717) is 0 Å². The summed E-state index contributed by atoms with van der Waals surface area (Å²) in [5, 5.41) is 14.4. The van der Waals surface area contributed by atoms with Gasteiger partial charge in [-0.2, -0.15) is 13.2 Å². The predicted molar refractivity (Wildman–Crippen MR) is 29.2 cm³/mol. The van der Waals surface area contributed by atoms with Crippen LogP contribution in [0.3, 0.4) is 0 Å². The first-order valence-corrected chi connectivity index (χ1v) is 4.58. The minimum atomic E-state index is -4.33. The van der Waals surface area contributed by atoms with Crippen LogP contribution in [0.4, 0.5) is 13.2 Å². The van der Waals surface area contributed by atoms with Crippen LogP contribution in [0, 0.1) is 0 Å². The second kappa shape index (κ2) is 2.25. The second-order valence-corrected chi connectivity index (χ2v) is 4.48. The Kier molecular flexibility index (Phi) is 2.22. The average Bonchev–Trinajstić information content (AvgIpc) is 1.14. The standard InChI is InChI=1S/C2H8F3N3Si/c3-2(4,5)1-9(6,7)8/h1,6-8H2. The van der Waals surface area contributed by atoms with Crippen molar-refractivity contribution < 1.29 is 13.2 Å². The number of hydrogen-bond acceptors (Lipinski definition) is 3. The van der Waals surface area contributed by atoms with Crippen LogP contribution in [0.15, 0.2) is 0 Å². The molecule has 0 radical (unpaired) electrons. The van der Waals surface area contributed by atoms with Crippen molar-refractivity contribution in [2.75, 3.05) is 0 Å². The summed E-state index contributed by atoms with van der Waals surface area (Å²) in [5.74, 6) is 0. The van der Waals surface area contributed by atoms with Crippen LogP contribution in [0.5, 0.6) is 0 Å². The molecule has 0 aromatic rings. The SMILES string of the molecule is N[Si](N)(N)CC(F)(F)F. The summed E-state index contributed by atoms with van der Waals surface area (Å²) in [6.07, 6.45) is -4.33. The summed E-state index contributed by atoms with van der Waals surface area (Å²) in [6.45, 7) is 0. The molecule has 0 saturated carbocycles. The molecular weight excluding hydrogens is 151 g/mol. The molecule has 0 unspecified atom stereocenters. The number of hydrogen-bond donors (Lipinski definition) is 3. The van der Waals surface area contributed by atoms with E-state index >= 15 is 0 Å². The van der Waals surface area contributed by atoms with Crippen molar-refractivity contribution in [1.82, 2.24) is 0 Å². The van der Waals surface area contributed by atoms with Gasteiger partial charge in [-0.1, -0.05) is 0 Å². The van der Waals surface area contributed by atoms with Gasteiger partial charge in [-0.3, -0.25) is 0 Å². The summed E-state index contributed by atoms with van der Waals surface area (Å²) in [5.41, 5.74) is 0. The highest BCUT2D eigenvalue weighted by atomic mass is 28.4. The molecule has 3 nitrogen and oxygen atoms in total. The monoisotopic (exact) mass is 159 g/mol. The maximum atomic E-state index is 11.3. The minimum Gasteiger partial charge on any atom is -0.327 e. The molecule has 0 heterocycles. The Balaban J connectivity index is 3.75. The maximum Gasteiger partial charge on any atom is 0.390 e. The maximum absolute atomic E-state index is 11.3. The third kappa shape index (κ3) is 7.89. The van der Waals surface area contributed by atoms with Crippen LogP contribution in [0.1, 0.15) is 0 Å². The largest absolute Gasteiger partial charge is 0.390 e. The third-order valence-electron chi connectivity index (χ3n) is 0.507. The summed E-state index contributed by atoms with van der Waals surface area (Å²) < 4.78 is 34.0. The lowest BCUT2D eigenvalue weighted by Crippen LogP contribution is -2.66. The second-order valence-electron chi connectivity index (χ2n) is 1.90. The van der Waals surface area contributed by atoms with Crippen LogP contribution in [-0.2, 0) is 0 Å². The molecule has 9 heavy (non-hydrogen) atoms. The highest BCUT2D eigenvalue weighted by Crippen LogP contribution is 2.21. The summed E-state index contributed by atoms with van der Waals surface area (Å²) in [6, 6.07) is -1.24. The number of alkyl halides is 3. The van der Waals surface area contributed by atoms with Gasteiger partial charge in [0.15, 0.2) is 0 Å². The average molecular weight is 159 g/mol. The topological polar surface area (TPSA) is 78.1 Å². The van der Waals surface area contributed by atoms with E-state index in [4.69, 9.17) is 16.2 Å². The Morgan fingerprint density at radius 3 is 1.44 bits per heavy atom. The first kappa shape index (κ1) is 8.89. The highest BCUT2D eigenvalue weighted by molar-refractivity contribution is 6.70. The number of rotatable bonds is 1. The van der Waals surface area contributed by atoms with E-state index in [0.717, 1.165) is 0 Å². The fourth-order valence-corrected chi connectivity index (χ4v) is 1.04. The zero-order chi connectivity index (χ0) is 7.71. The van der Waals surface area contributed by atoms with E-state index in [1.165, 1.54) is 0 Å². The van der Waals surface area contributed by atoms with Gasteiger partial charge in [-0.25, -0.2) is 0 Å². The van der Waals surface area contributed by atoms with E-state index in [1.54, 1.807) is 0 Å². The van der Waals surface area contributed by atoms with E-state index in [9.17, 15) is 13.2 Å². The van der Waals surface area contributed by atoms with Gasteiger partial charge >= 0.3 is 6.18 Å². The van der Waals surface area contributed by atoms with Crippen LogP contribution >= 0.6 is 0 Å². The van der Waals surface area contributed by atoms with Crippen molar-refractivity contribution >= 4 is 8.56 Å². The lowest BCUT2D eigenvalue weighted by Gasteiger charge is -2.15. The first-order chi connectivity index (χ1) is 3.71. The van der Waals surface area contributed by atoms with E-state index in [2.05, 4.69) is 0 Å². The highest BCUT2D eigenvalue weighted by Gasteiger charge is 2.37. The molecule has 0 aliphatic heterocycles. The fraction of sp³-hybridized carbons (Fsp3) is 1.00. The molecule has 7 heteroatoms. The molecule has 0 rings (SSSR count). The van der Waals surface area contributed by atoms with Crippen molar-refractivity contribution in [3.8, 4) is 0 Å². The summed E-state index contributed by atoms with van der Waals surface area (Å²) in [4.78, 5) is 0. The molecule has 0 amide bonds. The molecule has 0 aromatic heterocycles. The summed E-state index contributed by atoms with van der Waals surface area (Å²) >= 11 is 0. The van der Waals surface area contributed by atoms with E-state index in [-0.39, 0.29) is 0 Å². The van der Waals surface area contributed by atoms with E-state index in [1.807, 2.05) is 0 Å². The Morgan fingerprint density at radius 2 is 1.44 bits per heavy atom. The van der Waals surface area contributed by atoms with Crippen molar-refractivity contribution in [2.45, 2.75) is 12.2 Å². The quantitative estimate of drug-likeness (QED) is 0.445. The Morgan fingerprint density at radius 1 is 1.11 bits per heavy atom. The summed E-state index contributed by atoms with van der Waals surface area (Å²) in [7, 11) is -3.42. The smallest absolute Gasteiger partial charge is 0.327 e. The molecular formula is C2H8F3N3Si.